The van der Waals surface area contributed by atoms with Gasteiger partial charge >= 0.3 is 17.7 Å². The molecule has 0 aliphatic carbocycles. The van der Waals surface area contributed by atoms with Gasteiger partial charge in [0.25, 0.3) is 35.4 Å². The molecule has 2 aromatic rings. The van der Waals surface area contributed by atoms with Gasteiger partial charge in [-0.1, -0.05) is 47.5 Å². The third kappa shape index (κ3) is 34.9. The molecule has 33 heteroatoms. The number of ether oxygens (including phenoxy) is 2. The second-order valence-electron chi connectivity index (χ2n) is 22.3. The molecular weight excluding hydrogens is 1300 g/mol. The minimum absolute atomic E-state index is 0.0150. The number of nitro groups is 1. The van der Waals surface area contributed by atoms with Crippen molar-refractivity contribution in [1.82, 2.24) is 56.1 Å². The van der Waals surface area contributed by atoms with E-state index in [1.807, 2.05) is 44.4 Å². The quantitative estimate of drug-likeness (QED) is 0.0168. The summed E-state index contributed by atoms with van der Waals surface area (Å²) >= 11 is 0. The Kier molecular flexibility index (Phi) is 40.8. The number of benzene rings is 1. The Morgan fingerprint density at radius 3 is 1.57 bits per heavy atom. The maximum atomic E-state index is 12.8. The molecule has 3 aliphatic heterocycles. The van der Waals surface area contributed by atoms with Crippen LogP contribution in [0.3, 0.4) is 0 Å². The molecule has 0 radical (unpaired) electrons. The smallest absolute Gasteiger partial charge is 0.411 e. The number of aromatic nitrogens is 1. The predicted molar refractivity (Wildman–Crippen MR) is 359 cm³/mol. The molecule has 31 nitrogen and oxygen atoms in total. The van der Waals surface area contributed by atoms with Crippen molar-refractivity contribution in [2.75, 3.05) is 86.4 Å². The molecule has 3 unspecified atom stereocenters. The highest BCUT2D eigenvalue weighted by atomic mass is 33.1. The van der Waals surface area contributed by atoms with Crippen molar-refractivity contribution in [3.05, 3.63) is 101 Å². The first-order valence-corrected chi connectivity index (χ1v) is 33.0. The fraction of sp³-hybridized carbons (Fsp3) is 0.500. The standard InChI is InChI=1S/C20H28N2O6.C19H22N4O7.C10H13N3O3S2.C9H20N2O.C6H7NO2/c1-15(23)11-22(19(26)28-20(2,3)4)13-17(24)21(14-18(25)27-5)12-16-9-7-6-8-10-16;1-12(24)13(21-15(26)11-23-18(29)7-8-19(23)30)4-2-3-9-20-14(25)10-22-16(27)5-6-17(22)28;1-7(14)8(11-2)6-17-18-10-9(13(15)16)4-3-5-12-10;1-8(12)9(11-3)6-4-5-7-10-2;1-2-7-5(8)3-4-6(7)9/h6-10H,11-14H2,1-5H3;5-8,13H,2-4,9-11H2,1H3,(H,20,25)(H,21,26);3-5,8,11H,6H2,1-2H3;9-11H,4-7H2,1-3H3;3-4H,2H2,1H3. The summed E-state index contributed by atoms with van der Waals surface area (Å²) in [4.78, 5) is 193. The molecule has 3 aliphatic rings. The van der Waals surface area contributed by atoms with Gasteiger partial charge in [0.2, 0.25) is 17.7 Å². The molecule has 10 amide bonds. The third-order valence-electron chi connectivity index (χ3n) is 13.4. The molecule has 0 spiro atoms. The Morgan fingerprint density at radius 1 is 0.629 bits per heavy atom. The van der Waals surface area contributed by atoms with Gasteiger partial charge in [0.1, 0.15) is 49.1 Å². The number of esters is 1. The zero-order valence-electron chi connectivity index (χ0n) is 56.8. The van der Waals surface area contributed by atoms with Gasteiger partial charge in [-0.3, -0.25) is 96.8 Å². The highest BCUT2D eigenvalue weighted by Gasteiger charge is 2.30. The van der Waals surface area contributed by atoms with Crippen molar-refractivity contribution in [3.8, 4) is 0 Å². The van der Waals surface area contributed by atoms with Crippen molar-refractivity contribution in [3.63, 3.8) is 0 Å². The van der Waals surface area contributed by atoms with Crippen LogP contribution in [0.2, 0.25) is 0 Å². The number of pyridine rings is 1. The molecule has 4 heterocycles. The molecular formula is C64H90N12O19S2. The van der Waals surface area contributed by atoms with Crippen LogP contribution >= 0.6 is 21.6 Å². The fourth-order valence-corrected chi connectivity index (χ4v) is 10.6. The number of methoxy groups -OCH3 is 1. The maximum absolute atomic E-state index is 12.8. The van der Waals surface area contributed by atoms with Crippen LogP contribution in [0.25, 0.3) is 0 Å². The summed E-state index contributed by atoms with van der Waals surface area (Å²) in [6, 6.07) is 11.1. The first kappa shape index (κ1) is 85.8. The van der Waals surface area contributed by atoms with Crippen LogP contribution in [-0.4, -0.2) is 233 Å². The lowest BCUT2D eigenvalue weighted by Gasteiger charge is -2.29. The molecule has 532 valence electrons. The Morgan fingerprint density at radius 2 is 1.12 bits per heavy atom. The van der Waals surface area contributed by atoms with E-state index in [1.54, 1.807) is 41.7 Å². The minimum atomic E-state index is -0.778. The van der Waals surface area contributed by atoms with Gasteiger partial charge in [0.15, 0.2) is 10.8 Å². The van der Waals surface area contributed by atoms with Gasteiger partial charge in [0.05, 0.1) is 36.7 Å². The van der Waals surface area contributed by atoms with Crippen LogP contribution in [-0.2, 0) is 83.1 Å². The van der Waals surface area contributed by atoms with E-state index in [4.69, 9.17) is 4.74 Å². The summed E-state index contributed by atoms with van der Waals surface area (Å²) in [7, 11) is 9.30. The lowest BCUT2D eigenvalue weighted by Crippen LogP contribution is -2.47. The molecule has 3 atom stereocenters. The Hall–Kier alpha value is -9.18. The second-order valence-corrected chi connectivity index (χ2v) is 24.7. The second kappa shape index (κ2) is 46.1. The lowest BCUT2D eigenvalue weighted by atomic mass is 10.1. The summed E-state index contributed by atoms with van der Waals surface area (Å²) < 4.78 is 9.93. The van der Waals surface area contributed by atoms with Crippen molar-refractivity contribution in [2.24, 2.45) is 0 Å². The number of imide groups is 3. The Labute approximate surface area is 571 Å². The summed E-state index contributed by atoms with van der Waals surface area (Å²) in [5, 5.41) is 25.2. The molecule has 0 saturated heterocycles. The molecule has 5 rings (SSSR count). The number of nitrogens with one attached hydrogen (secondary N) is 5. The first-order chi connectivity index (χ1) is 45.7. The van der Waals surface area contributed by atoms with Crippen LogP contribution in [0.4, 0.5) is 10.5 Å². The topological polar surface area (TPSA) is 407 Å². The van der Waals surface area contributed by atoms with Crippen molar-refractivity contribution < 1.29 is 86.3 Å². The zero-order chi connectivity index (χ0) is 73.4. The SMILES string of the molecule is CC(=O)C(CCCCNC(=O)CN1C(=O)C=CC1=O)NC(=O)CN1C(=O)C=CC1=O.CCN1C(=O)C=CC1=O.CNC(CSSc1ncccc1[N+](=O)[O-])C(C)=O.CNCCCCC(NC)C(C)=O.COC(=O)CN(Cc1ccccc1)C(=O)CN(CC(C)=O)C(=O)OC(C)(C)C. The lowest BCUT2D eigenvalue weighted by molar-refractivity contribution is -0.388. The van der Waals surface area contributed by atoms with E-state index in [2.05, 4.69) is 36.3 Å². The normalized spacial score (nSPS) is 13.7. The van der Waals surface area contributed by atoms with Crippen LogP contribution in [0.5, 0.6) is 0 Å². The largest absolute Gasteiger partial charge is 0.468 e. The third-order valence-corrected chi connectivity index (χ3v) is 15.7. The van der Waals surface area contributed by atoms with Crippen molar-refractivity contribution in [2.45, 2.75) is 129 Å². The molecule has 0 bridgehead atoms. The summed E-state index contributed by atoms with van der Waals surface area (Å²) in [5.41, 5.74) is 0.0271. The van der Waals surface area contributed by atoms with Crippen LogP contribution < -0.4 is 26.6 Å². The first-order valence-electron chi connectivity index (χ1n) is 30.7. The number of hydrogen-bond donors (Lipinski definition) is 5. The number of Topliss-reactive ketones (excluding diaryl/α,β-unsaturated/α-hetero) is 4. The number of ketones is 4. The van der Waals surface area contributed by atoms with Crippen LogP contribution in [0, 0.1) is 10.1 Å². The highest BCUT2D eigenvalue weighted by molar-refractivity contribution is 8.76. The maximum Gasteiger partial charge on any atom is 0.411 e. The van der Waals surface area contributed by atoms with E-state index in [9.17, 15) is 82.0 Å². The average Bonchev–Trinajstić information content (AvgIpc) is 1.87. The van der Waals surface area contributed by atoms with Crippen molar-refractivity contribution >= 4 is 116 Å². The zero-order valence-corrected chi connectivity index (χ0v) is 58.5. The van der Waals surface area contributed by atoms with Gasteiger partial charge in [0, 0.05) is 74.1 Å². The van der Waals surface area contributed by atoms with Gasteiger partial charge in [-0.2, -0.15) is 0 Å². The molecule has 0 saturated carbocycles. The van der Waals surface area contributed by atoms with Gasteiger partial charge in [-0.15, -0.1) is 0 Å². The Bertz CT molecular complexity index is 3120. The van der Waals surface area contributed by atoms with Gasteiger partial charge < -0.3 is 41.0 Å². The number of rotatable bonds is 34. The molecule has 5 N–H and O–H groups in total. The summed E-state index contributed by atoms with van der Waals surface area (Å²) in [6.45, 7) is 12.8. The van der Waals surface area contributed by atoms with E-state index in [-0.39, 0.29) is 85.4 Å². The molecule has 1 aromatic carbocycles. The van der Waals surface area contributed by atoms with Gasteiger partial charge in [-0.05, 0) is 138 Å². The van der Waals surface area contributed by atoms with Gasteiger partial charge in [-0.25, -0.2) is 9.78 Å². The summed E-state index contributed by atoms with van der Waals surface area (Å²) in [6.07, 6.45) is 12.1. The van der Waals surface area contributed by atoms with Crippen LogP contribution in [0.15, 0.2) is 90.1 Å². The number of carbonyl (C=O) groups is 15. The fourth-order valence-electron chi connectivity index (χ4n) is 8.23. The molecule has 0 fully saturated rings. The van der Waals surface area contributed by atoms with E-state index in [0.717, 1.165) is 70.4 Å². The summed E-state index contributed by atoms with van der Waals surface area (Å²) in [5.74, 6) is -4.60. The number of carbonyl (C=O) groups excluding carboxylic acids is 15. The number of hydrogen-bond acceptors (Lipinski definition) is 25. The highest BCUT2D eigenvalue weighted by Crippen LogP contribution is 2.35. The van der Waals surface area contributed by atoms with E-state index < -0.39 is 83.1 Å². The number of amides is 10. The number of likely N-dealkylation sites (N-methyl/N-ethyl adjacent to an activating group) is 3. The molecule has 1 aromatic heterocycles. The van der Waals surface area contributed by atoms with E-state index >= 15 is 0 Å². The molecule has 97 heavy (non-hydrogen) atoms. The van der Waals surface area contributed by atoms with E-state index in [1.165, 1.54) is 89.8 Å². The van der Waals surface area contributed by atoms with Crippen LogP contribution in [0.1, 0.15) is 99.5 Å². The number of nitrogens with zero attached hydrogens (tertiary/aromatic N) is 7. The van der Waals surface area contributed by atoms with Crippen molar-refractivity contribution in [1.29, 1.82) is 0 Å². The monoisotopic (exact) mass is 1390 g/mol. The van der Waals surface area contributed by atoms with E-state index in [0.29, 0.717) is 36.6 Å². The Balaban J connectivity index is 0.000000644. The minimum Gasteiger partial charge on any atom is -0.468 e. The number of unbranched alkanes of at least 4 members (excludes halogenated alkanes) is 2. The average molecular weight is 1400 g/mol. The predicted octanol–water partition coefficient (Wildman–Crippen LogP) is 2.60.